The van der Waals surface area contributed by atoms with Crippen LogP contribution in [0.2, 0.25) is 10.0 Å². The van der Waals surface area contributed by atoms with E-state index < -0.39 is 6.10 Å². The molecule has 0 bridgehead atoms. The zero-order chi connectivity index (χ0) is 16.1. The topological polar surface area (TPSA) is 38.3 Å². The summed E-state index contributed by atoms with van der Waals surface area (Å²) in [5.74, 6) is 0.413. The Morgan fingerprint density at radius 1 is 1.14 bits per heavy atom. The zero-order valence-electron chi connectivity index (χ0n) is 12.4. The number of rotatable bonds is 5. The van der Waals surface area contributed by atoms with Crippen molar-refractivity contribution in [3.63, 3.8) is 0 Å². The molecule has 0 heterocycles. The van der Waals surface area contributed by atoms with Crippen molar-refractivity contribution in [3.05, 3.63) is 58.1 Å². The van der Waals surface area contributed by atoms with Gasteiger partial charge in [-0.1, -0.05) is 54.4 Å². The second-order valence-corrected chi connectivity index (χ2v) is 5.68. The third-order valence-corrected chi connectivity index (χ3v) is 3.87. The number of anilines is 1. The average molecular weight is 338 g/mol. The molecule has 0 saturated carbocycles. The zero-order valence-corrected chi connectivity index (χ0v) is 13.9. The first kappa shape index (κ1) is 16.7. The molecule has 1 atom stereocenters. The third-order valence-electron chi connectivity index (χ3n) is 3.24. The molecule has 5 heteroatoms. The molecule has 2 rings (SSSR count). The van der Waals surface area contributed by atoms with Crippen molar-refractivity contribution < 1.29 is 9.53 Å². The van der Waals surface area contributed by atoms with Gasteiger partial charge in [-0.2, -0.15) is 0 Å². The van der Waals surface area contributed by atoms with E-state index in [1.165, 1.54) is 0 Å². The molecule has 0 spiro atoms. The summed E-state index contributed by atoms with van der Waals surface area (Å²) in [5.41, 5.74) is 1.38. The number of nitrogens with one attached hydrogen (secondary N) is 1. The van der Waals surface area contributed by atoms with Gasteiger partial charge in [-0.25, -0.2) is 0 Å². The number of benzene rings is 2. The van der Waals surface area contributed by atoms with Crippen molar-refractivity contribution in [1.29, 1.82) is 0 Å². The normalized spacial score (nSPS) is 11.8. The molecule has 0 aromatic heterocycles. The Morgan fingerprint density at radius 2 is 1.77 bits per heavy atom. The van der Waals surface area contributed by atoms with E-state index in [4.69, 9.17) is 27.9 Å². The quantitative estimate of drug-likeness (QED) is 0.824. The Balaban J connectivity index is 2.14. The summed E-state index contributed by atoms with van der Waals surface area (Å²) < 4.78 is 5.81. The fraction of sp³-hybridized carbons (Fsp3) is 0.235. The molecule has 2 aromatic carbocycles. The van der Waals surface area contributed by atoms with Crippen LogP contribution in [0.5, 0.6) is 5.75 Å². The second-order valence-electron chi connectivity index (χ2n) is 4.87. The lowest BCUT2D eigenvalue weighted by atomic mass is 10.2. The maximum absolute atomic E-state index is 12.4. The van der Waals surface area contributed by atoms with Crippen molar-refractivity contribution in [2.75, 3.05) is 5.32 Å². The summed E-state index contributed by atoms with van der Waals surface area (Å²) in [6, 6.07) is 12.6. The number of para-hydroxylation sites is 2. The maximum Gasteiger partial charge on any atom is 0.265 e. The molecule has 0 radical (unpaired) electrons. The highest BCUT2D eigenvalue weighted by Crippen LogP contribution is 2.30. The molecule has 1 N–H and O–H groups in total. The number of carbonyl (C=O) groups excluding carboxylic acids is 1. The summed E-state index contributed by atoms with van der Waals surface area (Å²) in [6.07, 6.45) is -0.0872. The number of amides is 1. The standard InChI is InChI=1S/C17H17Cl2NO2/c1-3-14(22-15-10-5-4-7-11(15)2)17(21)20-16-12(18)8-6-9-13(16)19/h4-10,14H,3H2,1-2H3,(H,20,21)/t14-/m1/s1. The van der Waals surface area contributed by atoms with E-state index in [-0.39, 0.29) is 5.91 Å². The van der Waals surface area contributed by atoms with Gasteiger partial charge in [0, 0.05) is 0 Å². The van der Waals surface area contributed by atoms with Crippen LogP contribution in [-0.4, -0.2) is 12.0 Å². The summed E-state index contributed by atoms with van der Waals surface area (Å²) in [6.45, 7) is 3.82. The molecular weight excluding hydrogens is 321 g/mol. The Morgan fingerprint density at radius 3 is 2.36 bits per heavy atom. The van der Waals surface area contributed by atoms with E-state index >= 15 is 0 Å². The summed E-state index contributed by atoms with van der Waals surface area (Å²) in [4.78, 5) is 12.4. The van der Waals surface area contributed by atoms with Crippen molar-refractivity contribution in [1.82, 2.24) is 0 Å². The molecule has 0 saturated heterocycles. The SMILES string of the molecule is CC[C@@H](Oc1ccccc1C)C(=O)Nc1c(Cl)cccc1Cl. The lowest BCUT2D eigenvalue weighted by Gasteiger charge is -2.19. The minimum absolute atomic E-state index is 0.277. The van der Waals surface area contributed by atoms with Crippen LogP contribution in [0.1, 0.15) is 18.9 Å². The van der Waals surface area contributed by atoms with Gasteiger partial charge in [0.2, 0.25) is 0 Å². The smallest absolute Gasteiger partial charge is 0.265 e. The maximum atomic E-state index is 12.4. The van der Waals surface area contributed by atoms with Crippen molar-refractivity contribution >= 4 is 34.8 Å². The van der Waals surface area contributed by atoms with Gasteiger partial charge in [-0.15, -0.1) is 0 Å². The number of hydrogen-bond donors (Lipinski definition) is 1. The van der Waals surface area contributed by atoms with Crippen molar-refractivity contribution in [2.45, 2.75) is 26.4 Å². The van der Waals surface area contributed by atoms with Crippen LogP contribution >= 0.6 is 23.2 Å². The van der Waals surface area contributed by atoms with Gasteiger partial charge >= 0.3 is 0 Å². The monoisotopic (exact) mass is 337 g/mol. The minimum atomic E-state index is -0.617. The van der Waals surface area contributed by atoms with E-state index in [0.29, 0.717) is 27.9 Å². The van der Waals surface area contributed by atoms with Gasteiger partial charge in [0.25, 0.3) is 5.91 Å². The first-order valence-electron chi connectivity index (χ1n) is 7.00. The van der Waals surface area contributed by atoms with Crippen LogP contribution in [0.3, 0.4) is 0 Å². The lowest BCUT2D eigenvalue weighted by molar-refractivity contribution is -0.122. The van der Waals surface area contributed by atoms with Crippen LogP contribution < -0.4 is 10.1 Å². The van der Waals surface area contributed by atoms with Gasteiger partial charge in [-0.3, -0.25) is 4.79 Å². The Hall–Kier alpha value is -1.71. The van der Waals surface area contributed by atoms with Gasteiger partial charge in [0.1, 0.15) is 5.75 Å². The van der Waals surface area contributed by atoms with Gasteiger partial charge in [0.05, 0.1) is 15.7 Å². The number of ether oxygens (including phenoxy) is 1. The minimum Gasteiger partial charge on any atom is -0.480 e. The molecule has 0 aliphatic carbocycles. The highest BCUT2D eigenvalue weighted by Gasteiger charge is 2.21. The molecule has 1 amide bonds. The highest BCUT2D eigenvalue weighted by atomic mass is 35.5. The molecule has 3 nitrogen and oxygen atoms in total. The van der Waals surface area contributed by atoms with E-state index in [1.54, 1.807) is 18.2 Å². The summed E-state index contributed by atoms with van der Waals surface area (Å²) >= 11 is 12.1. The molecular formula is C17H17Cl2NO2. The fourth-order valence-corrected chi connectivity index (χ4v) is 2.48. The van der Waals surface area contributed by atoms with Crippen molar-refractivity contribution in [3.8, 4) is 5.75 Å². The largest absolute Gasteiger partial charge is 0.480 e. The van der Waals surface area contributed by atoms with Gasteiger partial charge in [-0.05, 0) is 37.1 Å². The Bertz CT molecular complexity index is 653. The fourth-order valence-electron chi connectivity index (χ4n) is 1.99. The average Bonchev–Trinajstić information content (AvgIpc) is 2.50. The van der Waals surface area contributed by atoms with Crippen LogP contribution in [-0.2, 0) is 4.79 Å². The second kappa shape index (κ2) is 7.52. The molecule has 0 unspecified atom stereocenters. The predicted octanol–water partition coefficient (Wildman–Crippen LogP) is 5.10. The van der Waals surface area contributed by atoms with Gasteiger partial charge < -0.3 is 10.1 Å². The first-order valence-corrected chi connectivity index (χ1v) is 7.75. The van der Waals surface area contributed by atoms with E-state index in [0.717, 1.165) is 5.56 Å². The highest BCUT2D eigenvalue weighted by molar-refractivity contribution is 6.39. The molecule has 2 aromatic rings. The molecule has 0 aliphatic heterocycles. The molecule has 0 fully saturated rings. The van der Waals surface area contributed by atoms with Gasteiger partial charge in [0.15, 0.2) is 6.10 Å². The van der Waals surface area contributed by atoms with E-state index in [9.17, 15) is 4.79 Å². The third kappa shape index (κ3) is 3.93. The summed E-state index contributed by atoms with van der Waals surface area (Å²) in [7, 11) is 0. The van der Waals surface area contributed by atoms with E-state index in [1.807, 2.05) is 38.1 Å². The van der Waals surface area contributed by atoms with Crippen molar-refractivity contribution in [2.24, 2.45) is 0 Å². The van der Waals surface area contributed by atoms with Crippen LogP contribution in [0.15, 0.2) is 42.5 Å². The number of hydrogen-bond acceptors (Lipinski definition) is 2. The van der Waals surface area contributed by atoms with Crippen LogP contribution in [0, 0.1) is 6.92 Å². The predicted molar refractivity (Wildman–Crippen MR) is 91.0 cm³/mol. The Kier molecular flexibility index (Phi) is 5.69. The number of halogens is 2. The van der Waals surface area contributed by atoms with Crippen LogP contribution in [0.4, 0.5) is 5.69 Å². The number of carbonyl (C=O) groups is 1. The Labute approximate surface area is 140 Å². The number of aryl methyl sites for hydroxylation is 1. The summed E-state index contributed by atoms with van der Waals surface area (Å²) in [5, 5.41) is 3.53. The lowest BCUT2D eigenvalue weighted by Crippen LogP contribution is -2.32. The molecule has 0 aliphatic rings. The molecule has 116 valence electrons. The van der Waals surface area contributed by atoms with E-state index in [2.05, 4.69) is 5.32 Å². The first-order chi connectivity index (χ1) is 10.5. The van der Waals surface area contributed by atoms with Crippen LogP contribution in [0.25, 0.3) is 0 Å². The molecule has 22 heavy (non-hydrogen) atoms.